The van der Waals surface area contributed by atoms with Crippen LogP contribution in [0.5, 0.6) is 0 Å². The molecule has 4 atom stereocenters. The molecule has 0 radical (unpaired) electrons. The van der Waals surface area contributed by atoms with Crippen LogP contribution in [0, 0.1) is 11.8 Å². The minimum absolute atomic E-state index is 0.339. The molecule has 0 aliphatic heterocycles. The third-order valence-corrected chi connectivity index (χ3v) is 4.63. The van der Waals surface area contributed by atoms with Gasteiger partial charge in [0.15, 0.2) is 0 Å². The van der Waals surface area contributed by atoms with E-state index in [4.69, 9.17) is 4.52 Å². The van der Waals surface area contributed by atoms with Crippen molar-refractivity contribution in [1.82, 2.24) is 0 Å². The van der Waals surface area contributed by atoms with E-state index in [-0.39, 0.29) is 0 Å². The van der Waals surface area contributed by atoms with Crippen LogP contribution in [0.25, 0.3) is 0 Å². The summed E-state index contributed by atoms with van der Waals surface area (Å²) < 4.78 is 3.43. The minimum atomic E-state index is -2.18. The fraction of sp³-hybridized carbons (Fsp3) is 1.00. The van der Waals surface area contributed by atoms with Crippen LogP contribution in [-0.4, -0.2) is 41.7 Å². The number of hydrogen-bond donors (Lipinski definition) is 1. The second kappa shape index (κ2) is 3.51. The van der Waals surface area contributed by atoms with Crippen molar-refractivity contribution in [2.45, 2.75) is 31.8 Å². The van der Waals surface area contributed by atoms with Gasteiger partial charge in [-0.3, -0.25) is 0 Å². The van der Waals surface area contributed by atoms with Gasteiger partial charge in [0.25, 0.3) is 0 Å². The van der Waals surface area contributed by atoms with Crippen molar-refractivity contribution in [3.05, 3.63) is 0 Å². The van der Waals surface area contributed by atoms with Gasteiger partial charge in [0.05, 0.1) is 0 Å². The molecule has 2 bridgehead atoms. The molecule has 2 aliphatic carbocycles. The van der Waals surface area contributed by atoms with E-state index in [0.717, 1.165) is 11.8 Å². The van der Waals surface area contributed by atoms with E-state index in [1.54, 1.807) is 0 Å². The quantitative estimate of drug-likeness (QED) is 0.606. The summed E-state index contributed by atoms with van der Waals surface area (Å²) in [5, 5.41) is 0. The molecule has 12 heavy (non-hydrogen) atoms. The number of hydrogen-bond acceptors (Lipinski definition) is 2. The molecule has 2 saturated carbocycles. The Morgan fingerprint density at radius 1 is 1.42 bits per heavy atom. The predicted molar refractivity (Wildman–Crippen MR) is 52.4 cm³/mol. The third kappa shape index (κ3) is 2.25. The summed E-state index contributed by atoms with van der Waals surface area (Å²) in [6.07, 6.45) is 5.53. The van der Waals surface area contributed by atoms with Gasteiger partial charge in [0.2, 0.25) is 0 Å². The Hall–Kier alpha value is 1.39. The summed E-state index contributed by atoms with van der Waals surface area (Å²) in [5.41, 5.74) is 0. The van der Waals surface area contributed by atoms with E-state index in [2.05, 4.69) is 30.7 Å². The fourth-order valence-electron chi connectivity index (χ4n) is 2.49. The molecule has 0 heterocycles. The van der Waals surface area contributed by atoms with Crippen LogP contribution in [0.2, 0.25) is 0 Å². The van der Waals surface area contributed by atoms with Crippen molar-refractivity contribution in [1.29, 1.82) is 0 Å². The Morgan fingerprint density at radius 2 is 2.17 bits per heavy atom. The van der Waals surface area contributed by atoms with Crippen LogP contribution in [-0.2, 0) is 4.52 Å². The maximum atomic E-state index is 9.51. The molecule has 0 saturated heterocycles. The number of rotatable bonds is 2. The average molecular weight is 318 g/mol. The Balaban J connectivity index is 1.95. The van der Waals surface area contributed by atoms with Gasteiger partial charge in [-0.05, 0) is 0 Å². The Kier molecular flexibility index (Phi) is 2.91. The van der Waals surface area contributed by atoms with Crippen molar-refractivity contribution >= 4 is 35.3 Å². The van der Waals surface area contributed by atoms with Crippen LogP contribution >= 0.6 is 4.65 Å². The van der Waals surface area contributed by atoms with E-state index in [1.165, 1.54) is 25.7 Å². The summed E-state index contributed by atoms with van der Waals surface area (Å²) >= 11 is 4.95. The van der Waals surface area contributed by atoms with Crippen molar-refractivity contribution in [2.75, 3.05) is 0 Å². The summed E-state index contributed by atoms with van der Waals surface area (Å²) in [6, 6.07) is 0. The van der Waals surface area contributed by atoms with Crippen LogP contribution in [0.1, 0.15) is 25.7 Å². The third-order valence-electron chi connectivity index (χ3n) is 2.95. The monoisotopic (exact) mass is 320 g/mol. The molecule has 2 fully saturated rings. The molecule has 0 aromatic carbocycles. The van der Waals surface area contributed by atoms with Crippen LogP contribution in [0.4, 0.5) is 0 Å². The Bertz CT molecular complexity index is 227. The van der Waals surface area contributed by atoms with Gasteiger partial charge in [-0.25, -0.2) is 0 Å². The molecular formula is C7H13O2PSe2. The molecule has 1 N–H and O–H groups in total. The van der Waals surface area contributed by atoms with E-state index in [1.807, 2.05) is 0 Å². The molecule has 70 valence electrons. The van der Waals surface area contributed by atoms with Crippen molar-refractivity contribution in [3.63, 3.8) is 0 Å². The van der Waals surface area contributed by atoms with E-state index >= 15 is 0 Å². The average Bonchev–Trinajstić information content (AvgIpc) is 2.42. The van der Waals surface area contributed by atoms with Crippen LogP contribution < -0.4 is 0 Å². The molecule has 4 unspecified atom stereocenters. The SMILES string of the molecule is OP(=[Se])([SeH])OC1CC2CCC1C2. The fourth-order valence-corrected chi connectivity index (χ4v) is 4.56. The second-order valence-electron chi connectivity index (χ2n) is 3.81. The van der Waals surface area contributed by atoms with Gasteiger partial charge >= 0.3 is 88.4 Å². The number of fused-ring (bicyclic) bond motifs is 2. The summed E-state index contributed by atoms with van der Waals surface area (Å²) in [7, 11) is 0. The molecule has 2 rings (SSSR count). The van der Waals surface area contributed by atoms with Gasteiger partial charge in [-0.1, -0.05) is 0 Å². The molecule has 0 aromatic heterocycles. The molecule has 0 aromatic rings. The van der Waals surface area contributed by atoms with Gasteiger partial charge in [-0.2, -0.15) is 0 Å². The molecule has 0 spiro atoms. The van der Waals surface area contributed by atoms with Crippen molar-refractivity contribution < 1.29 is 9.42 Å². The van der Waals surface area contributed by atoms with Crippen molar-refractivity contribution in [3.8, 4) is 0 Å². The second-order valence-corrected chi connectivity index (χ2v) is 15.5. The first kappa shape index (κ1) is 9.93. The molecule has 5 heteroatoms. The van der Waals surface area contributed by atoms with E-state index < -0.39 is 4.65 Å². The Morgan fingerprint density at radius 3 is 2.58 bits per heavy atom. The van der Waals surface area contributed by atoms with Crippen molar-refractivity contribution in [2.24, 2.45) is 11.8 Å². The first-order valence-corrected chi connectivity index (χ1v) is 10.6. The van der Waals surface area contributed by atoms with Gasteiger partial charge in [-0.15, -0.1) is 0 Å². The summed E-state index contributed by atoms with van der Waals surface area (Å²) in [6.45, 7) is 0. The zero-order valence-electron chi connectivity index (χ0n) is 6.72. The predicted octanol–water partition coefficient (Wildman–Crippen LogP) is 0.931. The van der Waals surface area contributed by atoms with E-state index in [0.29, 0.717) is 6.10 Å². The van der Waals surface area contributed by atoms with Gasteiger partial charge in [0.1, 0.15) is 0 Å². The summed E-state index contributed by atoms with van der Waals surface area (Å²) in [4.78, 5) is 9.51. The topological polar surface area (TPSA) is 29.5 Å². The van der Waals surface area contributed by atoms with Gasteiger partial charge in [0, 0.05) is 0 Å². The van der Waals surface area contributed by atoms with Crippen LogP contribution in [0.3, 0.4) is 0 Å². The summed E-state index contributed by atoms with van der Waals surface area (Å²) in [5.74, 6) is 1.62. The first-order chi connectivity index (χ1) is 5.54. The molecule has 0 amide bonds. The first-order valence-electron chi connectivity index (χ1n) is 4.28. The maximum absolute atomic E-state index is 9.51. The molecule has 2 nitrogen and oxygen atoms in total. The molecule has 2 aliphatic rings. The van der Waals surface area contributed by atoms with Crippen LogP contribution in [0.15, 0.2) is 0 Å². The Labute approximate surface area is 88.3 Å². The standard InChI is InChI=1S/C7H13O2PSe2/c8-10(11,12)9-7-4-5-1-2-6(7)3-5/h5-7H,1-4H2,(H2,8,11,12). The zero-order chi connectivity index (χ0) is 8.77. The molecular weight excluding hydrogens is 305 g/mol. The zero-order valence-corrected chi connectivity index (χ0v) is 11.2. The normalized spacial score (nSPS) is 44.7. The van der Waals surface area contributed by atoms with Gasteiger partial charge < -0.3 is 0 Å². The van der Waals surface area contributed by atoms with E-state index in [9.17, 15) is 4.89 Å².